The Morgan fingerprint density at radius 3 is 1.15 bits per heavy atom. The van der Waals surface area contributed by atoms with E-state index in [1.807, 2.05) is 0 Å². The van der Waals surface area contributed by atoms with Gasteiger partial charge in [0.25, 0.3) is 0 Å². The fourth-order valence-electron chi connectivity index (χ4n) is 2.47. The normalized spacial score (nSPS) is 12.3. The van der Waals surface area contributed by atoms with Crippen LogP contribution in [0.4, 0.5) is 0 Å². The van der Waals surface area contributed by atoms with Crippen molar-refractivity contribution in [2.24, 2.45) is 11.5 Å². The van der Waals surface area contributed by atoms with Gasteiger partial charge in [-0.25, -0.2) is 0 Å². The summed E-state index contributed by atoms with van der Waals surface area (Å²) >= 11 is 0. The molecule has 0 saturated heterocycles. The molecule has 4 nitrogen and oxygen atoms in total. The molecule has 0 fully saturated rings. The molecule has 0 bridgehead atoms. The molecule has 0 rings (SSSR count). The predicted octanol–water partition coefficient (Wildman–Crippen LogP) is 1.89. The number of hydrogen-bond donors (Lipinski definition) is 2. The summed E-state index contributed by atoms with van der Waals surface area (Å²) in [5.74, 6) is 0. The molecule has 0 atom stereocenters. The van der Waals surface area contributed by atoms with Crippen LogP contribution in [0.5, 0.6) is 0 Å². The number of hydrogen-bond acceptors (Lipinski definition) is 4. The minimum Gasteiger partial charge on any atom is -0.330 e. The second-order valence-corrected chi connectivity index (χ2v) is 6.25. The Kier molecular flexibility index (Phi) is 12.5. The van der Waals surface area contributed by atoms with Crippen molar-refractivity contribution < 1.29 is 0 Å². The summed E-state index contributed by atoms with van der Waals surface area (Å²) in [7, 11) is 0. The minimum atomic E-state index is 0.625. The van der Waals surface area contributed by atoms with Crippen LogP contribution in [0.1, 0.15) is 53.4 Å². The van der Waals surface area contributed by atoms with Crippen LogP contribution in [0.25, 0.3) is 0 Å². The fraction of sp³-hybridized carbons (Fsp3) is 1.00. The predicted molar refractivity (Wildman–Crippen MR) is 90.0 cm³/mol. The zero-order valence-corrected chi connectivity index (χ0v) is 14.3. The van der Waals surface area contributed by atoms with Crippen molar-refractivity contribution in [3.63, 3.8) is 0 Å². The molecule has 4 N–H and O–H groups in total. The second-order valence-electron chi connectivity index (χ2n) is 6.25. The molecular formula is C16H38N4. The van der Waals surface area contributed by atoms with Crippen LogP contribution in [0.15, 0.2) is 0 Å². The molecule has 0 radical (unpaired) electrons. The summed E-state index contributed by atoms with van der Waals surface area (Å²) in [6.07, 6.45) is 4.75. The van der Waals surface area contributed by atoms with Gasteiger partial charge in [0.05, 0.1) is 0 Å². The van der Waals surface area contributed by atoms with Gasteiger partial charge in [0, 0.05) is 12.1 Å². The lowest BCUT2D eigenvalue weighted by Gasteiger charge is -2.28. The van der Waals surface area contributed by atoms with Crippen molar-refractivity contribution in [2.75, 3.05) is 39.3 Å². The average molecular weight is 287 g/mol. The highest BCUT2D eigenvalue weighted by molar-refractivity contribution is 4.66. The maximum Gasteiger partial charge on any atom is 0.00385 e. The Bertz CT molecular complexity index is 185. The van der Waals surface area contributed by atoms with Crippen molar-refractivity contribution in [1.82, 2.24) is 9.80 Å². The zero-order chi connectivity index (χ0) is 15.4. The van der Waals surface area contributed by atoms with Crippen molar-refractivity contribution in [3.8, 4) is 0 Å². The lowest BCUT2D eigenvalue weighted by atomic mass is 10.2. The first-order valence-corrected chi connectivity index (χ1v) is 8.41. The molecule has 20 heavy (non-hydrogen) atoms. The molecule has 0 aromatic heterocycles. The SMILES string of the molecule is CC(C)N(CCCN)CCCCN(CCCN)C(C)C. The quantitative estimate of drug-likeness (QED) is 0.508. The van der Waals surface area contributed by atoms with Gasteiger partial charge in [-0.1, -0.05) is 0 Å². The van der Waals surface area contributed by atoms with E-state index in [4.69, 9.17) is 11.5 Å². The Morgan fingerprint density at radius 2 is 0.900 bits per heavy atom. The highest BCUT2D eigenvalue weighted by atomic mass is 15.2. The zero-order valence-electron chi connectivity index (χ0n) is 14.3. The molecule has 0 heterocycles. The number of nitrogens with zero attached hydrogens (tertiary/aromatic N) is 2. The van der Waals surface area contributed by atoms with E-state index < -0.39 is 0 Å². The van der Waals surface area contributed by atoms with Crippen molar-refractivity contribution in [1.29, 1.82) is 0 Å². The van der Waals surface area contributed by atoms with E-state index in [-0.39, 0.29) is 0 Å². The van der Waals surface area contributed by atoms with Crippen LogP contribution in [-0.4, -0.2) is 61.2 Å². The smallest absolute Gasteiger partial charge is 0.00385 e. The molecule has 0 unspecified atom stereocenters. The van der Waals surface area contributed by atoms with Gasteiger partial charge in [-0.15, -0.1) is 0 Å². The maximum atomic E-state index is 5.61. The van der Waals surface area contributed by atoms with E-state index >= 15 is 0 Å². The Labute approximate surface area is 126 Å². The Morgan fingerprint density at radius 1 is 0.600 bits per heavy atom. The Balaban J connectivity index is 3.88. The average Bonchev–Trinajstić information content (AvgIpc) is 2.40. The van der Waals surface area contributed by atoms with E-state index in [1.54, 1.807) is 0 Å². The summed E-state index contributed by atoms with van der Waals surface area (Å²) in [6, 6.07) is 1.25. The molecule has 122 valence electrons. The van der Waals surface area contributed by atoms with Gasteiger partial charge in [0.1, 0.15) is 0 Å². The van der Waals surface area contributed by atoms with Gasteiger partial charge in [-0.05, 0) is 92.6 Å². The topological polar surface area (TPSA) is 58.5 Å². The van der Waals surface area contributed by atoms with Gasteiger partial charge >= 0.3 is 0 Å². The van der Waals surface area contributed by atoms with Crippen LogP contribution in [-0.2, 0) is 0 Å². The van der Waals surface area contributed by atoms with Crippen molar-refractivity contribution in [3.05, 3.63) is 0 Å². The molecule has 0 aromatic carbocycles. The summed E-state index contributed by atoms with van der Waals surface area (Å²) in [6.45, 7) is 15.4. The van der Waals surface area contributed by atoms with E-state index in [1.165, 1.54) is 25.9 Å². The van der Waals surface area contributed by atoms with E-state index in [2.05, 4.69) is 37.5 Å². The maximum absolute atomic E-state index is 5.61. The van der Waals surface area contributed by atoms with E-state index in [0.717, 1.165) is 39.0 Å². The fourth-order valence-corrected chi connectivity index (χ4v) is 2.47. The minimum absolute atomic E-state index is 0.625. The second kappa shape index (κ2) is 12.6. The molecule has 0 spiro atoms. The van der Waals surface area contributed by atoms with Gasteiger partial charge in [-0.2, -0.15) is 0 Å². The van der Waals surface area contributed by atoms with Crippen molar-refractivity contribution in [2.45, 2.75) is 65.5 Å². The van der Waals surface area contributed by atoms with Crippen LogP contribution in [0.2, 0.25) is 0 Å². The van der Waals surface area contributed by atoms with Gasteiger partial charge in [0.15, 0.2) is 0 Å². The van der Waals surface area contributed by atoms with E-state index in [9.17, 15) is 0 Å². The first kappa shape index (κ1) is 19.8. The van der Waals surface area contributed by atoms with E-state index in [0.29, 0.717) is 12.1 Å². The molecule has 0 aliphatic rings. The number of rotatable bonds is 13. The third-order valence-corrected chi connectivity index (χ3v) is 3.90. The van der Waals surface area contributed by atoms with Crippen LogP contribution in [0.3, 0.4) is 0 Å². The van der Waals surface area contributed by atoms with Crippen molar-refractivity contribution >= 4 is 0 Å². The van der Waals surface area contributed by atoms with Gasteiger partial charge in [0.2, 0.25) is 0 Å². The van der Waals surface area contributed by atoms with Gasteiger partial charge < -0.3 is 21.3 Å². The number of nitrogens with two attached hydrogens (primary N) is 2. The lowest BCUT2D eigenvalue weighted by molar-refractivity contribution is 0.192. The van der Waals surface area contributed by atoms with Crippen LogP contribution >= 0.6 is 0 Å². The van der Waals surface area contributed by atoms with Gasteiger partial charge in [-0.3, -0.25) is 0 Å². The summed E-state index contributed by atoms with van der Waals surface area (Å²) in [5, 5.41) is 0. The first-order chi connectivity index (χ1) is 9.52. The molecule has 0 aromatic rings. The molecular weight excluding hydrogens is 248 g/mol. The van der Waals surface area contributed by atoms with Crippen LogP contribution in [0, 0.1) is 0 Å². The summed E-state index contributed by atoms with van der Waals surface area (Å²) in [4.78, 5) is 5.10. The molecule has 0 amide bonds. The third kappa shape index (κ3) is 9.70. The first-order valence-electron chi connectivity index (χ1n) is 8.41. The monoisotopic (exact) mass is 286 g/mol. The highest BCUT2D eigenvalue weighted by Gasteiger charge is 2.10. The number of unbranched alkanes of at least 4 members (excludes halogenated alkanes) is 1. The molecule has 0 aliphatic carbocycles. The third-order valence-electron chi connectivity index (χ3n) is 3.90. The summed E-state index contributed by atoms with van der Waals surface area (Å²) < 4.78 is 0. The van der Waals surface area contributed by atoms with Crippen LogP contribution < -0.4 is 11.5 Å². The Hall–Kier alpha value is -0.160. The largest absolute Gasteiger partial charge is 0.330 e. The standard InChI is InChI=1S/C16H38N4/c1-15(2)19(13-7-9-17)11-5-6-12-20(16(3)4)14-8-10-18/h15-16H,5-14,17-18H2,1-4H3. The lowest BCUT2D eigenvalue weighted by Crippen LogP contribution is -2.36. The molecule has 0 saturated carbocycles. The molecule has 0 aliphatic heterocycles. The highest BCUT2D eigenvalue weighted by Crippen LogP contribution is 2.06. The molecule has 4 heteroatoms. The summed E-state index contributed by atoms with van der Waals surface area (Å²) in [5.41, 5.74) is 11.2.